The second kappa shape index (κ2) is 8.13. The molecule has 2 rings (SSSR count). The van der Waals surface area contributed by atoms with Crippen molar-refractivity contribution in [1.29, 1.82) is 0 Å². The van der Waals surface area contributed by atoms with E-state index in [2.05, 4.69) is 26.1 Å². The third-order valence-corrected chi connectivity index (χ3v) is 4.04. The van der Waals surface area contributed by atoms with E-state index < -0.39 is 0 Å². The molecular weight excluding hydrogens is 330 g/mol. The molecule has 2 aromatic rings. The van der Waals surface area contributed by atoms with E-state index in [1.165, 1.54) is 0 Å². The molecule has 0 radical (unpaired) electrons. The highest BCUT2D eigenvalue weighted by Crippen LogP contribution is 2.32. The van der Waals surface area contributed by atoms with Gasteiger partial charge in [-0.1, -0.05) is 26.8 Å². The van der Waals surface area contributed by atoms with Gasteiger partial charge in [0.1, 0.15) is 5.75 Å². The fourth-order valence-electron chi connectivity index (χ4n) is 2.55. The fourth-order valence-corrected chi connectivity index (χ4v) is 2.55. The van der Waals surface area contributed by atoms with Gasteiger partial charge in [0.2, 0.25) is 0 Å². The Morgan fingerprint density at radius 2 is 1.62 bits per heavy atom. The first kappa shape index (κ1) is 19.6. The highest BCUT2D eigenvalue weighted by atomic mass is 16.5. The summed E-state index contributed by atoms with van der Waals surface area (Å²) in [4.78, 5) is 12.7. The number of ether oxygens (including phenoxy) is 3. The molecule has 0 heterocycles. The number of carbonyl (C=O) groups excluding carboxylic acids is 1. The van der Waals surface area contributed by atoms with Gasteiger partial charge in [0.25, 0.3) is 5.91 Å². The van der Waals surface area contributed by atoms with E-state index in [0.29, 0.717) is 35.1 Å². The molecule has 0 spiro atoms. The topological polar surface area (TPSA) is 56.8 Å². The van der Waals surface area contributed by atoms with Crippen molar-refractivity contribution in [3.8, 4) is 17.2 Å². The van der Waals surface area contributed by atoms with Crippen LogP contribution in [0.3, 0.4) is 0 Å². The highest BCUT2D eigenvalue weighted by molar-refractivity contribution is 6.05. The maximum absolute atomic E-state index is 12.7. The van der Waals surface area contributed by atoms with Gasteiger partial charge in [-0.05, 0) is 48.2 Å². The van der Waals surface area contributed by atoms with Crippen molar-refractivity contribution in [3.63, 3.8) is 0 Å². The van der Waals surface area contributed by atoms with Gasteiger partial charge in [-0.15, -0.1) is 0 Å². The molecule has 0 aliphatic rings. The number of hydrogen-bond donors (Lipinski definition) is 1. The first-order chi connectivity index (χ1) is 12.3. The highest BCUT2D eigenvalue weighted by Gasteiger charge is 2.18. The number of benzene rings is 2. The van der Waals surface area contributed by atoms with Crippen LogP contribution in [0.1, 0.15) is 43.6 Å². The Kier molecular flexibility index (Phi) is 6.14. The molecule has 0 bridgehead atoms. The van der Waals surface area contributed by atoms with E-state index in [-0.39, 0.29) is 11.3 Å². The van der Waals surface area contributed by atoms with Crippen LogP contribution in [0.25, 0.3) is 0 Å². The Hall–Kier alpha value is -2.69. The van der Waals surface area contributed by atoms with E-state index in [0.717, 1.165) is 5.56 Å². The van der Waals surface area contributed by atoms with Crippen molar-refractivity contribution < 1.29 is 19.0 Å². The summed E-state index contributed by atoms with van der Waals surface area (Å²) in [5.74, 6) is 1.51. The van der Waals surface area contributed by atoms with Crippen LogP contribution in [-0.2, 0) is 5.41 Å². The second-order valence-corrected chi connectivity index (χ2v) is 6.92. The van der Waals surface area contributed by atoms with E-state index in [4.69, 9.17) is 14.2 Å². The van der Waals surface area contributed by atoms with Crippen molar-refractivity contribution in [2.75, 3.05) is 26.1 Å². The predicted molar refractivity (Wildman–Crippen MR) is 104 cm³/mol. The van der Waals surface area contributed by atoms with Crippen LogP contribution in [0.4, 0.5) is 5.69 Å². The minimum atomic E-state index is -0.240. The Bertz CT molecular complexity index is 778. The van der Waals surface area contributed by atoms with Gasteiger partial charge in [0.15, 0.2) is 11.5 Å². The third kappa shape index (κ3) is 4.48. The monoisotopic (exact) mass is 357 g/mol. The van der Waals surface area contributed by atoms with Crippen LogP contribution in [0.2, 0.25) is 0 Å². The van der Waals surface area contributed by atoms with Crippen molar-refractivity contribution in [1.82, 2.24) is 0 Å². The zero-order valence-electron chi connectivity index (χ0n) is 16.3. The van der Waals surface area contributed by atoms with Gasteiger partial charge in [0.05, 0.1) is 26.5 Å². The van der Waals surface area contributed by atoms with Crippen LogP contribution in [-0.4, -0.2) is 26.7 Å². The van der Waals surface area contributed by atoms with Crippen molar-refractivity contribution >= 4 is 11.6 Å². The quantitative estimate of drug-likeness (QED) is 0.817. The summed E-state index contributed by atoms with van der Waals surface area (Å²) in [6.07, 6.45) is 0. The molecule has 0 fully saturated rings. The van der Waals surface area contributed by atoms with Crippen LogP contribution < -0.4 is 19.5 Å². The first-order valence-electron chi connectivity index (χ1n) is 8.60. The number of anilines is 1. The van der Waals surface area contributed by atoms with Crippen LogP contribution in [0.5, 0.6) is 17.2 Å². The van der Waals surface area contributed by atoms with E-state index in [1.807, 2.05) is 25.1 Å². The number of rotatable bonds is 6. The largest absolute Gasteiger partial charge is 0.495 e. The first-order valence-corrected chi connectivity index (χ1v) is 8.60. The number of amides is 1. The molecule has 0 saturated carbocycles. The molecule has 0 aliphatic heterocycles. The molecule has 5 heteroatoms. The zero-order chi connectivity index (χ0) is 19.3. The lowest BCUT2D eigenvalue weighted by Gasteiger charge is -2.21. The maximum Gasteiger partial charge on any atom is 0.255 e. The number of carbonyl (C=O) groups is 1. The van der Waals surface area contributed by atoms with Crippen molar-refractivity contribution in [2.24, 2.45) is 0 Å². The summed E-state index contributed by atoms with van der Waals surface area (Å²) in [7, 11) is 3.14. The Balaban J connectivity index is 2.32. The van der Waals surface area contributed by atoms with Crippen LogP contribution >= 0.6 is 0 Å². The minimum absolute atomic E-state index is 0.0336. The van der Waals surface area contributed by atoms with E-state index in [1.54, 1.807) is 32.4 Å². The fraction of sp³-hybridized carbons (Fsp3) is 0.381. The predicted octanol–water partition coefficient (Wildman–Crippen LogP) is 4.65. The number of methoxy groups -OCH3 is 2. The van der Waals surface area contributed by atoms with Gasteiger partial charge in [-0.2, -0.15) is 0 Å². The normalized spacial score (nSPS) is 11.0. The minimum Gasteiger partial charge on any atom is -0.495 e. The smallest absolute Gasteiger partial charge is 0.255 e. The standard InChI is InChI=1S/C21H27NO4/c1-7-26-18-10-8-14(12-19(18)25-6)20(23)22-16-13-15(21(2,3)4)9-11-17(16)24-5/h8-13H,7H2,1-6H3,(H,22,23). The van der Waals surface area contributed by atoms with Gasteiger partial charge in [-0.25, -0.2) is 0 Å². The molecule has 26 heavy (non-hydrogen) atoms. The van der Waals surface area contributed by atoms with Crippen LogP contribution in [0, 0.1) is 0 Å². The molecule has 2 aromatic carbocycles. The number of hydrogen-bond acceptors (Lipinski definition) is 4. The Morgan fingerprint density at radius 3 is 2.19 bits per heavy atom. The van der Waals surface area contributed by atoms with Crippen LogP contribution in [0.15, 0.2) is 36.4 Å². The lowest BCUT2D eigenvalue weighted by Crippen LogP contribution is -2.15. The third-order valence-electron chi connectivity index (χ3n) is 4.04. The molecule has 5 nitrogen and oxygen atoms in total. The van der Waals surface area contributed by atoms with Crippen molar-refractivity contribution in [2.45, 2.75) is 33.1 Å². The summed E-state index contributed by atoms with van der Waals surface area (Å²) in [6, 6.07) is 10.9. The molecule has 0 aromatic heterocycles. The average molecular weight is 357 g/mol. The summed E-state index contributed by atoms with van der Waals surface area (Å²) >= 11 is 0. The summed E-state index contributed by atoms with van der Waals surface area (Å²) in [6.45, 7) is 8.79. The molecule has 1 amide bonds. The van der Waals surface area contributed by atoms with Gasteiger partial charge in [-0.3, -0.25) is 4.79 Å². The molecule has 0 unspecified atom stereocenters. The zero-order valence-corrected chi connectivity index (χ0v) is 16.3. The summed E-state index contributed by atoms with van der Waals surface area (Å²) in [5, 5.41) is 2.93. The average Bonchev–Trinajstić information content (AvgIpc) is 2.61. The maximum atomic E-state index is 12.7. The second-order valence-electron chi connectivity index (χ2n) is 6.92. The molecule has 0 aliphatic carbocycles. The number of nitrogens with one attached hydrogen (secondary N) is 1. The van der Waals surface area contributed by atoms with Gasteiger partial charge >= 0.3 is 0 Å². The molecule has 1 N–H and O–H groups in total. The molecule has 0 atom stereocenters. The van der Waals surface area contributed by atoms with Gasteiger partial charge in [0, 0.05) is 5.56 Å². The van der Waals surface area contributed by atoms with Crippen molar-refractivity contribution in [3.05, 3.63) is 47.5 Å². The van der Waals surface area contributed by atoms with E-state index >= 15 is 0 Å². The molecule has 140 valence electrons. The van der Waals surface area contributed by atoms with Gasteiger partial charge < -0.3 is 19.5 Å². The summed E-state index contributed by atoms with van der Waals surface area (Å²) < 4.78 is 16.2. The lowest BCUT2D eigenvalue weighted by atomic mass is 9.87. The Labute approximate surface area is 155 Å². The summed E-state index contributed by atoms with van der Waals surface area (Å²) in [5.41, 5.74) is 2.19. The SMILES string of the molecule is CCOc1ccc(C(=O)Nc2cc(C(C)(C)C)ccc2OC)cc1OC. The lowest BCUT2D eigenvalue weighted by molar-refractivity contribution is 0.102. The molecular formula is C21H27NO4. The van der Waals surface area contributed by atoms with E-state index in [9.17, 15) is 4.79 Å². The Morgan fingerprint density at radius 1 is 0.962 bits per heavy atom. The molecule has 0 saturated heterocycles.